The number of aliphatic hydroxyl groups is 1. The minimum absolute atomic E-state index is 0.244. The standard InChI is InChI=1S/C16H22N4O2/c1-11(2)15-18-16(22-19-15)13-5-6-14(17-8-13)20-7-3-4-12(9-20)10-21/h5-6,8,11-12,21H,3-4,7,9-10H2,1-2H3. The summed E-state index contributed by atoms with van der Waals surface area (Å²) in [4.78, 5) is 11.1. The smallest absolute Gasteiger partial charge is 0.259 e. The quantitative estimate of drug-likeness (QED) is 0.935. The Balaban J connectivity index is 1.74. The van der Waals surface area contributed by atoms with Crippen LogP contribution in [0.3, 0.4) is 0 Å². The molecule has 0 bridgehead atoms. The van der Waals surface area contributed by atoms with Crippen molar-refractivity contribution in [1.82, 2.24) is 15.1 Å². The Kier molecular flexibility index (Phi) is 4.38. The van der Waals surface area contributed by atoms with Crippen molar-refractivity contribution < 1.29 is 9.63 Å². The number of aromatic nitrogens is 3. The van der Waals surface area contributed by atoms with Gasteiger partial charge in [-0.2, -0.15) is 4.98 Å². The van der Waals surface area contributed by atoms with Gasteiger partial charge in [-0.25, -0.2) is 4.98 Å². The van der Waals surface area contributed by atoms with E-state index in [4.69, 9.17) is 4.52 Å². The van der Waals surface area contributed by atoms with Crippen LogP contribution in [0.1, 0.15) is 38.4 Å². The fraction of sp³-hybridized carbons (Fsp3) is 0.562. The summed E-state index contributed by atoms with van der Waals surface area (Å²) in [5.41, 5.74) is 0.832. The lowest BCUT2D eigenvalue weighted by Gasteiger charge is -2.32. The van der Waals surface area contributed by atoms with Gasteiger partial charge in [-0.05, 0) is 30.9 Å². The molecule has 1 unspecified atom stereocenters. The summed E-state index contributed by atoms with van der Waals surface area (Å²) in [6.07, 6.45) is 3.95. The normalized spacial score (nSPS) is 18.9. The number of hydrogen-bond acceptors (Lipinski definition) is 6. The molecule has 0 saturated carbocycles. The number of anilines is 1. The zero-order valence-electron chi connectivity index (χ0n) is 13.1. The first kappa shape index (κ1) is 15.0. The van der Waals surface area contributed by atoms with Crippen LogP contribution in [0.15, 0.2) is 22.9 Å². The maximum atomic E-state index is 9.32. The lowest BCUT2D eigenvalue weighted by Crippen LogP contribution is -2.37. The summed E-state index contributed by atoms with van der Waals surface area (Å²) in [6.45, 7) is 6.16. The van der Waals surface area contributed by atoms with Gasteiger partial charge in [0, 0.05) is 31.8 Å². The van der Waals surface area contributed by atoms with E-state index < -0.39 is 0 Å². The maximum Gasteiger partial charge on any atom is 0.259 e. The van der Waals surface area contributed by atoms with E-state index in [1.54, 1.807) is 6.20 Å². The molecule has 1 aliphatic heterocycles. The van der Waals surface area contributed by atoms with Gasteiger partial charge in [0.2, 0.25) is 0 Å². The molecule has 0 aromatic carbocycles. The number of pyridine rings is 1. The third-order valence-electron chi connectivity index (χ3n) is 4.05. The first-order valence-electron chi connectivity index (χ1n) is 7.83. The molecular weight excluding hydrogens is 280 g/mol. The summed E-state index contributed by atoms with van der Waals surface area (Å²) in [7, 11) is 0. The van der Waals surface area contributed by atoms with Gasteiger partial charge < -0.3 is 14.5 Å². The fourth-order valence-electron chi connectivity index (χ4n) is 2.71. The van der Waals surface area contributed by atoms with Gasteiger partial charge in [-0.1, -0.05) is 19.0 Å². The van der Waals surface area contributed by atoms with Crippen LogP contribution in [0.4, 0.5) is 5.82 Å². The highest BCUT2D eigenvalue weighted by Gasteiger charge is 2.20. The Labute approximate surface area is 130 Å². The van der Waals surface area contributed by atoms with Crippen molar-refractivity contribution in [3.8, 4) is 11.5 Å². The highest BCUT2D eigenvalue weighted by molar-refractivity contribution is 5.54. The summed E-state index contributed by atoms with van der Waals surface area (Å²) in [5.74, 6) is 2.74. The lowest BCUT2D eigenvalue weighted by atomic mass is 9.99. The van der Waals surface area contributed by atoms with Crippen molar-refractivity contribution in [3.05, 3.63) is 24.2 Å². The number of hydrogen-bond donors (Lipinski definition) is 1. The van der Waals surface area contributed by atoms with Crippen LogP contribution >= 0.6 is 0 Å². The molecule has 0 radical (unpaired) electrons. The van der Waals surface area contributed by atoms with Crippen molar-refractivity contribution in [2.24, 2.45) is 5.92 Å². The monoisotopic (exact) mass is 302 g/mol. The third kappa shape index (κ3) is 3.11. The van der Waals surface area contributed by atoms with Crippen molar-refractivity contribution >= 4 is 5.82 Å². The molecular formula is C16H22N4O2. The van der Waals surface area contributed by atoms with Crippen molar-refractivity contribution in [2.45, 2.75) is 32.6 Å². The molecule has 0 aliphatic carbocycles. The average molecular weight is 302 g/mol. The molecule has 22 heavy (non-hydrogen) atoms. The van der Waals surface area contributed by atoms with Gasteiger partial charge in [-0.15, -0.1) is 0 Å². The average Bonchev–Trinajstić information content (AvgIpc) is 3.05. The number of piperidine rings is 1. The summed E-state index contributed by atoms with van der Waals surface area (Å²) >= 11 is 0. The predicted octanol–water partition coefficient (Wildman–Crippen LogP) is 2.46. The van der Waals surface area contributed by atoms with Gasteiger partial charge in [0.25, 0.3) is 5.89 Å². The Bertz CT molecular complexity index is 609. The van der Waals surface area contributed by atoms with E-state index in [1.165, 1.54) is 0 Å². The van der Waals surface area contributed by atoms with E-state index in [-0.39, 0.29) is 12.5 Å². The topological polar surface area (TPSA) is 75.3 Å². The minimum atomic E-state index is 0.244. The molecule has 3 heterocycles. The van der Waals surface area contributed by atoms with Crippen molar-refractivity contribution in [3.63, 3.8) is 0 Å². The largest absolute Gasteiger partial charge is 0.396 e. The van der Waals surface area contributed by atoms with Crippen LogP contribution in [0.2, 0.25) is 0 Å². The molecule has 6 heteroatoms. The van der Waals surface area contributed by atoms with Gasteiger partial charge in [0.1, 0.15) is 5.82 Å². The zero-order chi connectivity index (χ0) is 15.5. The van der Waals surface area contributed by atoms with Crippen LogP contribution < -0.4 is 4.90 Å². The molecule has 1 fully saturated rings. The van der Waals surface area contributed by atoms with Crippen LogP contribution in [0, 0.1) is 5.92 Å². The van der Waals surface area contributed by atoms with Gasteiger partial charge >= 0.3 is 0 Å². The summed E-state index contributed by atoms with van der Waals surface area (Å²) in [5, 5.41) is 13.3. The Morgan fingerprint density at radius 2 is 2.27 bits per heavy atom. The molecule has 1 N–H and O–H groups in total. The number of nitrogens with zero attached hydrogens (tertiary/aromatic N) is 4. The van der Waals surface area contributed by atoms with Crippen LogP contribution in [-0.2, 0) is 0 Å². The lowest BCUT2D eigenvalue weighted by molar-refractivity contribution is 0.208. The second-order valence-corrected chi connectivity index (χ2v) is 6.15. The van der Waals surface area contributed by atoms with E-state index in [2.05, 4.69) is 20.0 Å². The van der Waals surface area contributed by atoms with E-state index in [9.17, 15) is 5.11 Å². The zero-order valence-corrected chi connectivity index (χ0v) is 13.1. The second kappa shape index (κ2) is 6.44. The molecule has 2 aromatic heterocycles. The summed E-state index contributed by atoms with van der Waals surface area (Å²) < 4.78 is 5.28. The van der Waals surface area contributed by atoms with Crippen LogP contribution in [0.5, 0.6) is 0 Å². The number of aliphatic hydroxyl groups excluding tert-OH is 1. The molecule has 0 spiro atoms. The van der Waals surface area contributed by atoms with Gasteiger partial charge in [-0.3, -0.25) is 0 Å². The van der Waals surface area contributed by atoms with Crippen molar-refractivity contribution in [1.29, 1.82) is 0 Å². The van der Waals surface area contributed by atoms with E-state index in [1.807, 2.05) is 26.0 Å². The first-order valence-corrected chi connectivity index (χ1v) is 7.83. The van der Waals surface area contributed by atoms with E-state index in [0.717, 1.165) is 37.3 Å². The molecule has 118 valence electrons. The molecule has 1 saturated heterocycles. The minimum Gasteiger partial charge on any atom is -0.396 e. The maximum absolute atomic E-state index is 9.32. The van der Waals surface area contributed by atoms with Gasteiger partial charge in [0.05, 0.1) is 5.56 Å². The molecule has 1 atom stereocenters. The molecule has 0 amide bonds. The highest BCUT2D eigenvalue weighted by atomic mass is 16.5. The van der Waals surface area contributed by atoms with E-state index >= 15 is 0 Å². The molecule has 3 rings (SSSR count). The van der Waals surface area contributed by atoms with Crippen LogP contribution in [0.25, 0.3) is 11.5 Å². The summed E-state index contributed by atoms with van der Waals surface area (Å²) in [6, 6.07) is 3.94. The molecule has 1 aliphatic rings. The van der Waals surface area contributed by atoms with Crippen molar-refractivity contribution in [2.75, 3.05) is 24.6 Å². The Morgan fingerprint density at radius 3 is 2.91 bits per heavy atom. The Hall–Kier alpha value is -1.95. The first-order chi connectivity index (χ1) is 10.7. The number of rotatable bonds is 4. The van der Waals surface area contributed by atoms with E-state index in [0.29, 0.717) is 17.6 Å². The predicted molar refractivity (Wildman–Crippen MR) is 83.6 cm³/mol. The fourth-order valence-corrected chi connectivity index (χ4v) is 2.71. The second-order valence-electron chi connectivity index (χ2n) is 6.15. The van der Waals surface area contributed by atoms with Crippen LogP contribution in [-0.4, -0.2) is 39.9 Å². The Morgan fingerprint density at radius 1 is 1.41 bits per heavy atom. The molecule has 2 aromatic rings. The van der Waals surface area contributed by atoms with Gasteiger partial charge in [0.15, 0.2) is 5.82 Å². The molecule has 6 nitrogen and oxygen atoms in total. The SMILES string of the molecule is CC(C)c1noc(-c2ccc(N3CCCC(CO)C3)nc2)n1. The highest BCUT2D eigenvalue weighted by Crippen LogP contribution is 2.24. The third-order valence-corrected chi connectivity index (χ3v) is 4.05.